The summed E-state index contributed by atoms with van der Waals surface area (Å²) in [6, 6.07) is 8.05. The fraction of sp³-hybridized carbons (Fsp3) is 0.588. The lowest BCUT2D eigenvalue weighted by atomic mass is 10.0. The summed E-state index contributed by atoms with van der Waals surface area (Å²) in [6.45, 7) is 7.16. The molecule has 1 amide bonds. The van der Waals surface area contributed by atoms with Crippen LogP contribution in [0.15, 0.2) is 24.3 Å². The molecule has 4 nitrogen and oxygen atoms in total. The van der Waals surface area contributed by atoms with E-state index in [2.05, 4.69) is 36.3 Å². The second-order valence-electron chi connectivity index (χ2n) is 6.36. The summed E-state index contributed by atoms with van der Waals surface area (Å²) in [5.74, 6) is 1.50. The molecule has 0 spiro atoms. The molecule has 0 radical (unpaired) electrons. The molecule has 1 N–H and O–H groups in total. The molecule has 0 bridgehead atoms. The van der Waals surface area contributed by atoms with E-state index in [0.717, 1.165) is 44.7 Å². The zero-order valence-electron chi connectivity index (χ0n) is 13.0. The molecular weight excluding hydrogens is 262 g/mol. The first kappa shape index (κ1) is 14.4. The smallest absolute Gasteiger partial charge is 0.253 e. The molecule has 2 aliphatic rings. The molecule has 2 fully saturated rings. The van der Waals surface area contributed by atoms with E-state index in [9.17, 15) is 4.79 Å². The summed E-state index contributed by atoms with van der Waals surface area (Å²) in [5, 5.41) is 3.41. The molecule has 0 saturated carbocycles. The fourth-order valence-electron chi connectivity index (χ4n) is 3.53. The molecule has 1 aromatic carbocycles. The van der Waals surface area contributed by atoms with Crippen molar-refractivity contribution in [2.45, 2.75) is 13.3 Å². The van der Waals surface area contributed by atoms with Crippen molar-refractivity contribution in [3.8, 4) is 0 Å². The SMILES string of the molecule is CCCN(C)c1ccc(C(=O)N2C[C@H]3CNC[C@H]3C2)cc1. The van der Waals surface area contributed by atoms with Gasteiger partial charge in [0.05, 0.1) is 0 Å². The van der Waals surface area contributed by atoms with Gasteiger partial charge in [-0.15, -0.1) is 0 Å². The van der Waals surface area contributed by atoms with E-state index in [4.69, 9.17) is 0 Å². The largest absolute Gasteiger partial charge is 0.375 e. The molecule has 2 heterocycles. The molecule has 4 heteroatoms. The maximum Gasteiger partial charge on any atom is 0.253 e. The highest BCUT2D eigenvalue weighted by molar-refractivity contribution is 5.94. The minimum Gasteiger partial charge on any atom is -0.375 e. The number of anilines is 1. The minimum atomic E-state index is 0.189. The van der Waals surface area contributed by atoms with Crippen LogP contribution in [0.1, 0.15) is 23.7 Å². The normalized spacial score (nSPS) is 24.2. The van der Waals surface area contributed by atoms with E-state index >= 15 is 0 Å². The quantitative estimate of drug-likeness (QED) is 0.917. The Bertz CT molecular complexity index is 487. The zero-order chi connectivity index (χ0) is 14.8. The van der Waals surface area contributed by atoms with E-state index in [-0.39, 0.29) is 5.91 Å². The lowest BCUT2D eigenvalue weighted by Crippen LogP contribution is -2.31. The summed E-state index contributed by atoms with van der Waals surface area (Å²) in [6.07, 6.45) is 1.13. The van der Waals surface area contributed by atoms with Crippen LogP contribution in [0.3, 0.4) is 0 Å². The van der Waals surface area contributed by atoms with Crippen molar-refractivity contribution in [2.75, 3.05) is 44.7 Å². The molecule has 0 aromatic heterocycles. The standard InChI is InChI=1S/C17H25N3O/c1-3-8-19(2)16-6-4-13(5-7-16)17(21)20-11-14-9-18-10-15(14)12-20/h4-7,14-15,18H,3,8-12H2,1-2H3/t14-,15+. The molecule has 0 unspecified atom stereocenters. The van der Waals surface area contributed by atoms with Crippen LogP contribution in [0.5, 0.6) is 0 Å². The number of fused-ring (bicyclic) bond motifs is 1. The Morgan fingerprint density at radius 2 is 1.86 bits per heavy atom. The number of benzene rings is 1. The Hall–Kier alpha value is -1.55. The van der Waals surface area contributed by atoms with E-state index in [0.29, 0.717) is 11.8 Å². The number of carbonyl (C=O) groups excluding carboxylic acids is 1. The highest BCUT2D eigenvalue weighted by Crippen LogP contribution is 2.27. The van der Waals surface area contributed by atoms with Gasteiger partial charge in [-0.3, -0.25) is 4.79 Å². The lowest BCUT2D eigenvalue weighted by molar-refractivity contribution is 0.0781. The third-order valence-electron chi connectivity index (χ3n) is 4.79. The number of likely N-dealkylation sites (tertiary alicyclic amines) is 1. The van der Waals surface area contributed by atoms with Crippen LogP contribution in [-0.2, 0) is 0 Å². The van der Waals surface area contributed by atoms with Gasteiger partial charge in [-0.1, -0.05) is 6.92 Å². The van der Waals surface area contributed by atoms with Crippen LogP contribution in [0, 0.1) is 11.8 Å². The second-order valence-corrected chi connectivity index (χ2v) is 6.36. The molecule has 21 heavy (non-hydrogen) atoms. The van der Waals surface area contributed by atoms with Crippen molar-refractivity contribution in [1.29, 1.82) is 0 Å². The Labute approximate surface area is 127 Å². The van der Waals surface area contributed by atoms with Gasteiger partial charge < -0.3 is 15.1 Å². The second kappa shape index (κ2) is 6.06. The number of amides is 1. The molecule has 114 valence electrons. The maximum absolute atomic E-state index is 12.6. The molecule has 2 aliphatic heterocycles. The first-order valence-electron chi connectivity index (χ1n) is 8.00. The van der Waals surface area contributed by atoms with Gasteiger partial charge in [0.2, 0.25) is 0 Å². The summed E-state index contributed by atoms with van der Waals surface area (Å²) < 4.78 is 0. The van der Waals surface area contributed by atoms with Crippen molar-refractivity contribution in [2.24, 2.45) is 11.8 Å². The number of carbonyl (C=O) groups is 1. The van der Waals surface area contributed by atoms with Crippen molar-refractivity contribution in [3.05, 3.63) is 29.8 Å². The predicted molar refractivity (Wildman–Crippen MR) is 85.8 cm³/mol. The summed E-state index contributed by atoms with van der Waals surface area (Å²) in [5.41, 5.74) is 1.99. The van der Waals surface area contributed by atoms with Crippen LogP contribution in [0.2, 0.25) is 0 Å². The van der Waals surface area contributed by atoms with E-state index in [1.54, 1.807) is 0 Å². The van der Waals surface area contributed by atoms with Crippen LogP contribution in [-0.4, -0.2) is 50.6 Å². The van der Waals surface area contributed by atoms with Crippen molar-refractivity contribution >= 4 is 11.6 Å². The first-order chi connectivity index (χ1) is 10.2. The molecule has 1 aromatic rings. The number of nitrogens with one attached hydrogen (secondary N) is 1. The van der Waals surface area contributed by atoms with Crippen molar-refractivity contribution in [3.63, 3.8) is 0 Å². The number of hydrogen-bond acceptors (Lipinski definition) is 3. The summed E-state index contributed by atoms with van der Waals surface area (Å²) in [7, 11) is 2.09. The Balaban J connectivity index is 1.65. The average Bonchev–Trinajstić information content (AvgIpc) is 3.08. The Morgan fingerprint density at radius 3 is 2.43 bits per heavy atom. The Morgan fingerprint density at radius 1 is 1.24 bits per heavy atom. The van der Waals surface area contributed by atoms with Gasteiger partial charge in [-0.05, 0) is 42.5 Å². The lowest BCUT2D eigenvalue weighted by Gasteiger charge is -2.20. The topological polar surface area (TPSA) is 35.6 Å². The van der Waals surface area contributed by atoms with Gasteiger partial charge >= 0.3 is 0 Å². The summed E-state index contributed by atoms with van der Waals surface area (Å²) in [4.78, 5) is 16.8. The maximum atomic E-state index is 12.6. The fourth-order valence-corrected chi connectivity index (χ4v) is 3.53. The first-order valence-corrected chi connectivity index (χ1v) is 8.00. The van der Waals surface area contributed by atoms with Gasteiger partial charge in [0.15, 0.2) is 0 Å². The number of rotatable bonds is 4. The summed E-state index contributed by atoms with van der Waals surface area (Å²) >= 11 is 0. The predicted octanol–water partition coefficient (Wildman–Crippen LogP) is 1.82. The van der Waals surface area contributed by atoms with Gasteiger partial charge in [0.1, 0.15) is 0 Å². The molecular formula is C17H25N3O. The van der Waals surface area contributed by atoms with Gasteiger partial charge in [0, 0.05) is 51.0 Å². The van der Waals surface area contributed by atoms with E-state index in [1.807, 2.05) is 17.0 Å². The molecule has 0 aliphatic carbocycles. The van der Waals surface area contributed by atoms with Crippen LogP contribution >= 0.6 is 0 Å². The minimum absolute atomic E-state index is 0.189. The molecule has 3 rings (SSSR count). The number of hydrogen-bond donors (Lipinski definition) is 1. The average molecular weight is 287 g/mol. The number of nitrogens with zero attached hydrogens (tertiary/aromatic N) is 2. The highest BCUT2D eigenvalue weighted by atomic mass is 16.2. The molecule has 2 atom stereocenters. The van der Waals surface area contributed by atoms with Gasteiger partial charge in [-0.25, -0.2) is 0 Å². The third-order valence-corrected chi connectivity index (χ3v) is 4.79. The van der Waals surface area contributed by atoms with E-state index < -0.39 is 0 Å². The molecule has 2 saturated heterocycles. The van der Waals surface area contributed by atoms with Gasteiger partial charge in [0.25, 0.3) is 5.91 Å². The van der Waals surface area contributed by atoms with Crippen LogP contribution in [0.4, 0.5) is 5.69 Å². The Kier molecular flexibility index (Phi) is 4.15. The van der Waals surface area contributed by atoms with E-state index in [1.165, 1.54) is 5.69 Å². The monoisotopic (exact) mass is 287 g/mol. The van der Waals surface area contributed by atoms with Crippen LogP contribution in [0.25, 0.3) is 0 Å². The van der Waals surface area contributed by atoms with Crippen molar-refractivity contribution in [1.82, 2.24) is 10.2 Å². The van der Waals surface area contributed by atoms with Crippen molar-refractivity contribution < 1.29 is 4.79 Å². The van der Waals surface area contributed by atoms with Crippen LogP contribution < -0.4 is 10.2 Å². The zero-order valence-corrected chi connectivity index (χ0v) is 13.0. The van der Waals surface area contributed by atoms with Gasteiger partial charge in [-0.2, -0.15) is 0 Å². The highest BCUT2D eigenvalue weighted by Gasteiger charge is 2.38. The third kappa shape index (κ3) is 2.91.